The summed E-state index contributed by atoms with van der Waals surface area (Å²) in [6.45, 7) is 0. The van der Waals surface area contributed by atoms with Crippen LogP contribution in [-0.4, -0.2) is 22.3 Å². The SMILES string of the molecule is O=C(N/N=C\C(Cl)=C\c1ccccc1)c1cc(-c2ccc3ccccc3c2)n[nH]1. The number of aromatic nitrogens is 2. The largest absolute Gasteiger partial charge is 0.289 e. The van der Waals surface area contributed by atoms with Gasteiger partial charge in [-0.25, -0.2) is 5.43 Å². The van der Waals surface area contributed by atoms with Gasteiger partial charge in [0, 0.05) is 5.56 Å². The number of allylic oxidation sites excluding steroid dienone is 1. The number of nitrogens with one attached hydrogen (secondary N) is 2. The van der Waals surface area contributed by atoms with Gasteiger partial charge in [-0.05, 0) is 34.5 Å². The number of hydrogen-bond donors (Lipinski definition) is 2. The van der Waals surface area contributed by atoms with Gasteiger partial charge in [-0.15, -0.1) is 0 Å². The molecule has 1 heterocycles. The van der Waals surface area contributed by atoms with E-state index in [9.17, 15) is 4.79 Å². The second-order valence-electron chi connectivity index (χ2n) is 6.37. The highest BCUT2D eigenvalue weighted by atomic mass is 35.5. The Bertz CT molecular complexity index is 1210. The van der Waals surface area contributed by atoms with E-state index in [1.54, 1.807) is 12.1 Å². The third kappa shape index (κ3) is 4.59. The summed E-state index contributed by atoms with van der Waals surface area (Å²) >= 11 is 6.12. The van der Waals surface area contributed by atoms with Gasteiger partial charge in [0.15, 0.2) is 0 Å². The minimum Gasteiger partial charge on any atom is -0.272 e. The van der Waals surface area contributed by atoms with Gasteiger partial charge in [0.05, 0.1) is 16.9 Å². The number of amides is 1. The molecule has 4 aromatic rings. The highest BCUT2D eigenvalue weighted by molar-refractivity contribution is 6.41. The summed E-state index contributed by atoms with van der Waals surface area (Å²) < 4.78 is 0. The average Bonchev–Trinajstić information content (AvgIpc) is 3.24. The summed E-state index contributed by atoms with van der Waals surface area (Å²) in [5.41, 5.74) is 5.32. The van der Waals surface area contributed by atoms with Crippen LogP contribution in [0.2, 0.25) is 0 Å². The smallest absolute Gasteiger partial charge is 0.272 e. The van der Waals surface area contributed by atoms with Crippen molar-refractivity contribution in [1.82, 2.24) is 15.6 Å². The molecule has 6 heteroatoms. The maximum Gasteiger partial charge on any atom is 0.289 e. The second kappa shape index (κ2) is 8.54. The molecule has 0 fully saturated rings. The van der Waals surface area contributed by atoms with E-state index in [2.05, 4.69) is 26.8 Å². The molecular formula is C23H17ClN4O. The van der Waals surface area contributed by atoms with Crippen LogP contribution in [-0.2, 0) is 0 Å². The highest BCUT2D eigenvalue weighted by Gasteiger charge is 2.10. The number of halogens is 1. The van der Waals surface area contributed by atoms with Crippen molar-refractivity contribution in [2.45, 2.75) is 0 Å². The van der Waals surface area contributed by atoms with E-state index >= 15 is 0 Å². The van der Waals surface area contributed by atoms with E-state index in [-0.39, 0.29) is 0 Å². The van der Waals surface area contributed by atoms with E-state index in [0.29, 0.717) is 16.4 Å². The Kier molecular flexibility index (Phi) is 5.49. The first-order valence-corrected chi connectivity index (χ1v) is 9.37. The summed E-state index contributed by atoms with van der Waals surface area (Å²) in [5, 5.41) is 13.5. The van der Waals surface area contributed by atoms with Gasteiger partial charge in [0.2, 0.25) is 0 Å². The van der Waals surface area contributed by atoms with Crippen molar-refractivity contribution < 1.29 is 4.79 Å². The van der Waals surface area contributed by atoms with Gasteiger partial charge in [-0.2, -0.15) is 10.2 Å². The quantitative estimate of drug-likeness (QED) is 0.356. The van der Waals surface area contributed by atoms with Crippen molar-refractivity contribution in [3.63, 3.8) is 0 Å². The standard InChI is InChI=1S/C23H17ClN4O/c24-20(12-16-6-2-1-3-7-16)15-25-28-23(29)22-14-21(26-27-22)19-11-10-17-8-4-5-9-18(17)13-19/h1-15H,(H,26,27)(H,28,29)/b20-12-,25-15-. The molecule has 2 N–H and O–H groups in total. The molecule has 0 radical (unpaired) electrons. The maximum atomic E-state index is 12.3. The first kappa shape index (κ1) is 18.7. The van der Waals surface area contributed by atoms with Crippen LogP contribution >= 0.6 is 11.6 Å². The van der Waals surface area contributed by atoms with Crippen LogP contribution in [0.15, 0.2) is 89.0 Å². The van der Waals surface area contributed by atoms with Crippen LogP contribution in [0.3, 0.4) is 0 Å². The van der Waals surface area contributed by atoms with Crippen molar-refractivity contribution >= 4 is 40.6 Å². The predicted octanol–water partition coefficient (Wildman–Crippen LogP) is 5.23. The van der Waals surface area contributed by atoms with Gasteiger partial charge in [0.1, 0.15) is 5.69 Å². The zero-order chi connectivity index (χ0) is 20.1. The molecule has 0 saturated carbocycles. The van der Waals surface area contributed by atoms with E-state index in [1.165, 1.54) is 6.21 Å². The number of fused-ring (bicyclic) bond motifs is 1. The van der Waals surface area contributed by atoms with Gasteiger partial charge in [-0.3, -0.25) is 9.89 Å². The van der Waals surface area contributed by atoms with Gasteiger partial charge < -0.3 is 0 Å². The van der Waals surface area contributed by atoms with Gasteiger partial charge in [-0.1, -0.05) is 78.3 Å². The molecule has 1 aromatic heterocycles. The normalized spacial score (nSPS) is 11.8. The maximum absolute atomic E-state index is 12.3. The predicted molar refractivity (Wildman–Crippen MR) is 118 cm³/mol. The first-order chi connectivity index (χ1) is 14.2. The molecule has 0 unspecified atom stereocenters. The Morgan fingerprint density at radius 1 is 0.966 bits per heavy atom. The Morgan fingerprint density at radius 2 is 1.72 bits per heavy atom. The molecule has 3 aromatic carbocycles. The Morgan fingerprint density at radius 3 is 2.55 bits per heavy atom. The Labute approximate surface area is 172 Å². The van der Waals surface area contributed by atoms with Crippen LogP contribution in [0, 0.1) is 0 Å². The fourth-order valence-corrected chi connectivity index (χ4v) is 3.07. The lowest BCUT2D eigenvalue weighted by atomic mass is 10.1. The molecule has 0 atom stereocenters. The number of carbonyl (C=O) groups excluding carboxylic acids is 1. The van der Waals surface area contributed by atoms with Crippen LogP contribution in [0.5, 0.6) is 0 Å². The summed E-state index contributed by atoms with van der Waals surface area (Å²) in [5.74, 6) is -0.398. The number of H-pyrrole nitrogens is 1. The summed E-state index contributed by atoms with van der Waals surface area (Å²) in [6.07, 6.45) is 3.14. The number of carbonyl (C=O) groups is 1. The topological polar surface area (TPSA) is 70.1 Å². The summed E-state index contributed by atoms with van der Waals surface area (Å²) in [7, 11) is 0. The van der Waals surface area contributed by atoms with Crippen LogP contribution in [0.4, 0.5) is 0 Å². The minimum absolute atomic E-state index is 0.313. The molecule has 0 bridgehead atoms. The zero-order valence-corrected chi connectivity index (χ0v) is 16.1. The number of hydrazone groups is 1. The van der Waals surface area contributed by atoms with E-state index < -0.39 is 5.91 Å². The number of benzene rings is 3. The van der Waals surface area contributed by atoms with Crippen LogP contribution in [0.1, 0.15) is 16.1 Å². The molecule has 4 rings (SSSR count). The molecule has 1 amide bonds. The molecule has 0 saturated heterocycles. The molecule has 29 heavy (non-hydrogen) atoms. The fraction of sp³-hybridized carbons (Fsp3) is 0. The molecule has 0 aliphatic rings. The summed E-state index contributed by atoms with van der Waals surface area (Å²) in [4.78, 5) is 12.3. The number of aromatic amines is 1. The van der Waals surface area contributed by atoms with Crippen LogP contribution < -0.4 is 5.43 Å². The van der Waals surface area contributed by atoms with Crippen molar-refractivity contribution in [2.75, 3.05) is 0 Å². The molecule has 5 nitrogen and oxygen atoms in total. The number of nitrogens with zero attached hydrogens (tertiary/aromatic N) is 2. The lowest BCUT2D eigenvalue weighted by molar-refractivity contribution is 0.0950. The third-order valence-electron chi connectivity index (χ3n) is 4.33. The monoisotopic (exact) mass is 400 g/mol. The number of hydrogen-bond acceptors (Lipinski definition) is 3. The second-order valence-corrected chi connectivity index (χ2v) is 6.80. The molecule has 0 spiro atoms. The molecule has 0 aliphatic heterocycles. The van der Waals surface area contributed by atoms with Crippen molar-refractivity contribution in [2.24, 2.45) is 5.10 Å². The fourth-order valence-electron chi connectivity index (χ4n) is 2.89. The van der Waals surface area contributed by atoms with Crippen LogP contribution in [0.25, 0.3) is 28.1 Å². The van der Waals surface area contributed by atoms with E-state index in [1.807, 2.05) is 66.7 Å². The minimum atomic E-state index is -0.398. The molecule has 0 aliphatic carbocycles. The highest BCUT2D eigenvalue weighted by Crippen LogP contribution is 2.23. The lowest BCUT2D eigenvalue weighted by Gasteiger charge is -2.00. The summed E-state index contributed by atoms with van der Waals surface area (Å²) in [6, 6.07) is 25.4. The van der Waals surface area contributed by atoms with Gasteiger partial charge >= 0.3 is 0 Å². The van der Waals surface area contributed by atoms with Gasteiger partial charge in [0.25, 0.3) is 5.91 Å². The third-order valence-corrected chi connectivity index (χ3v) is 4.53. The lowest BCUT2D eigenvalue weighted by Crippen LogP contribution is -2.17. The number of rotatable bonds is 5. The molecular weight excluding hydrogens is 384 g/mol. The van der Waals surface area contributed by atoms with Crippen molar-refractivity contribution in [3.05, 3.63) is 95.2 Å². The Balaban J connectivity index is 1.43. The zero-order valence-electron chi connectivity index (χ0n) is 15.3. The van der Waals surface area contributed by atoms with Crippen molar-refractivity contribution in [3.8, 4) is 11.3 Å². The first-order valence-electron chi connectivity index (χ1n) is 8.99. The Hall–Kier alpha value is -3.70. The van der Waals surface area contributed by atoms with E-state index in [4.69, 9.17) is 11.6 Å². The van der Waals surface area contributed by atoms with Crippen molar-refractivity contribution in [1.29, 1.82) is 0 Å². The molecule has 142 valence electrons. The average molecular weight is 401 g/mol. The van der Waals surface area contributed by atoms with E-state index in [0.717, 1.165) is 21.9 Å².